The van der Waals surface area contributed by atoms with Crippen molar-refractivity contribution in [2.24, 2.45) is 5.73 Å². The maximum atomic E-state index is 12.8. The lowest BCUT2D eigenvalue weighted by Crippen LogP contribution is -2.37. The Bertz CT molecular complexity index is 469. The van der Waals surface area contributed by atoms with Crippen LogP contribution in [0.4, 0.5) is 4.39 Å². The summed E-state index contributed by atoms with van der Waals surface area (Å²) in [5.74, 6) is 0.510. The molecular weight excluding hydrogens is 319 g/mol. The Hall–Kier alpha value is -1.17. The minimum absolute atomic E-state index is 0.1000. The highest BCUT2D eigenvalue weighted by molar-refractivity contribution is 5.21. The van der Waals surface area contributed by atoms with Gasteiger partial charge in [-0.05, 0) is 37.1 Å². The zero-order valence-corrected chi connectivity index (χ0v) is 15.1. The molecule has 4 nitrogen and oxygen atoms in total. The Labute approximate surface area is 150 Å². The molecule has 1 saturated heterocycles. The molecule has 1 aliphatic rings. The Morgan fingerprint density at radius 1 is 1.00 bits per heavy atom. The zero-order chi connectivity index (χ0) is 17.9. The van der Waals surface area contributed by atoms with Gasteiger partial charge < -0.3 is 20.9 Å². The maximum Gasteiger partial charge on any atom is 0.123 e. The van der Waals surface area contributed by atoms with Crippen molar-refractivity contribution < 1.29 is 14.2 Å². The van der Waals surface area contributed by atoms with Crippen LogP contribution in [-0.2, 0) is 0 Å². The molecule has 25 heavy (non-hydrogen) atoms. The molecule has 0 radical (unpaired) electrons. The van der Waals surface area contributed by atoms with E-state index in [4.69, 9.17) is 10.5 Å². The molecule has 0 amide bonds. The number of hydrogen-bond acceptors (Lipinski definition) is 4. The van der Waals surface area contributed by atoms with E-state index in [1.807, 2.05) is 0 Å². The van der Waals surface area contributed by atoms with Gasteiger partial charge in [0.25, 0.3) is 0 Å². The Morgan fingerprint density at radius 2 is 1.60 bits per heavy atom. The third-order valence-electron chi connectivity index (χ3n) is 4.96. The molecule has 4 N–H and O–H groups in total. The number of rotatable bonds is 12. The Kier molecular flexibility index (Phi) is 9.22. The topological polar surface area (TPSA) is 67.5 Å². The van der Waals surface area contributed by atoms with Crippen LogP contribution in [-0.4, -0.2) is 36.4 Å². The quantitative estimate of drug-likeness (QED) is 0.505. The van der Waals surface area contributed by atoms with Crippen LogP contribution in [0.25, 0.3) is 0 Å². The summed E-state index contributed by atoms with van der Waals surface area (Å²) in [5.41, 5.74) is 5.79. The summed E-state index contributed by atoms with van der Waals surface area (Å²) in [7, 11) is 0. The third-order valence-corrected chi connectivity index (χ3v) is 4.96. The summed E-state index contributed by atoms with van der Waals surface area (Å²) >= 11 is 0. The fourth-order valence-electron chi connectivity index (χ4n) is 3.35. The summed E-state index contributed by atoms with van der Waals surface area (Å²) in [6.45, 7) is 1.43. The van der Waals surface area contributed by atoms with Gasteiger partial charge in [0.2, 0.25) is 0 Å². The van der Waals surface area contributed by atoms with Gasteiger partial charge in [-0.2, -0.15) is 0 Å². The molecule has 2 rings (SSSR count). The SMILES string of the molecule is N[C@H]1CN[C@H](CCCCCCCCCCOc2ccc(F)cc2)[C@H]1O. The first-order valence-electron chi connectivity index (χ1n) is 9.72. The van der Waals surface area contributed by atoms with Crippen LogP contribution in [0.2, 0.25) is 0 Å². The van der Waals surface area contributed by atoms with Crippen LogP contribution in [0.15, 0.2) is 24.3 Å². The van der Waals surface area contributed by atoms with E-state index >= 15 is 0 Å². The largest absolute Gasteiger partial charge is 0.494 e. The molecule has 1 aliphatic heterocycles. The molecule has 0 saturated carbocycles. The third kappa shape index (κ3) is 7.72. The number of benzene rings is 1. The van der Waals surface area contributed by atoms with Gasteiger partial charge in [-0.1, -0.05) is 44.9 Å². The molecule has 0 aromatic heterocycles. The molecule has 142 valence electrons. The number of hydrogen-bond donors (Lipinski definition) is 3. The number of halogens is 1. The maximum absolute atomic E-state index is 12.8. The van der Waals surface area contributed by atoms with Gasteiger partial charge in [0, 0.05) is 18.6 Å². The molecule has 1 aromatic rings. The summed E-state index contributed by atoms with van der Waals surface area (Å²) in [6, 6.07) is 6.28. The van der Waals surface area contributed by atoms with E-state index in [0.717, 1.165) is 31.6 Å². The fraction of sp³-hybridized carbons (Fsp3) is 0.700. The average molecular weight is 352 g/mol. The van der Waals surface area contributed by atoms with Crippen molar-refractivity contribution in [3.05, 3.63) is 30.1 Å². The minimum Gasteiger partial charge on any atom is -0.494 e. The van der Waals surface area contributed by atoms with Crippen molar-refractivity contribution in [3.63, 3.8) is 0 Å². The van der Waals surface area contributed by atoms with Gasteiger partial charge in [0.1, 0.15) is 11.6 Å². The van der Waals surface area contributed by atoms with E-state index in [9.17, 15) is 9.50 Å². The highest BCUT2D eigenvalue weighted by atomic mass is 19.1. The average Bonchev–Trinajstić information content (AvgIpc) is 2.93. The monoisotopic (exact) mass is 352 g/mol. The smallest absolute Gasteiger partial charge is 0.123 e. The van der Waals surface area contributed by atoms with Gasteiger partial charge in [-0.25, -0.2) is 4.39 Å². The first-order valence-corrected chi connectivity index (χ1v) is 9.72. The molecule has 3 atom stereocenters. The predicted octanol–water partition coefficient (Wildman–Crippen LogP) is 3.38. The minimum atomic E-state index is -0.378. The van der Waals surface area contributed by atoms with Crippen LogP contribution in [0.5, 0.6) is 5.75 Å². The molecule has 1 heterocycles. The van der Waals surface area contributed by atoms with Crippen molar-refractivity contribution in [2.75, 3.05) is 13.2 Å². The van der Waals surface area contributed by atoms with Crippen molar-refractivity contribution in [1.82, 2.24) is 5.32 Å². The summed E-state index contributed by atoms with van der Waals surface area (Å²) in [4.78, 5) is 0. The van der Waals surface area contributed by atoms with Gasteiger partial charge >= 0.3 is 0 Å². The molecular formula is C20H33FN2O2. The lowest BCUT2D eigenvalue weighted by Gasteiger charge is -2.16. The van der Waals surface area contributed by atoms with Gasteiger partial charge in [-0.15, -0.1) is 0 Å². The van der Waals surface area contributed by atoms with Gasteiger partial charge in [0.05, 0.1) is 12.7 Å². The van der Waals surface area contributed by atoms with E-state index in [1.54, 1.807) is 12.1 Å². The van der Waals surface area contributed by atoms with Crippen molar-refractivity contribution in [1.29, 1.82) is 0 Å². The number of ether oxygens (including phenoxy) is 1. The second kappa shape index (κ2) is 11.4. The van der Waals surface area contributed by atoms with Crippen LogP contribution in [0, 0.1) is 5.82 Å². The molecule has 0 aliphatic carbocycles. The number of unbranched alkanes of at least 4 members (excludes halogenated alkanes) is 7. The molecule has 0 unspecified atom stereocenters. The van der Waals surface area contributed by atoms with Gasteiger partial charge in [0.15, 0.2) is 0 Å². The number of aliphatic hydroxyl groups excluding tert-OH is 1. The highest BCUT2D eigenvalue weighted by Gasteiger charge is 2.30. The van der Waals surface area contributed by atoms with E-state index in [-0.39, 0.29) is 24.0 Å². The second-order valence-corrected chi connectivity index (χ2v) is 7.09. The van der Waals surface area contributed by atoms with Crippen LogP contribution >= 0.6 is 0 Å². The van der Waals surface area contributed by atoms with E-state index in [1.165, 1.54) is 50.7 Å². The van der Waals surface area contributed by atoms with E-state index in [2.05, 4.69) is 5.32 Å². The van der Waals surface area contributed by atoms with E-state index in [0.29, 0.717) is 6.61 Å². The first kappa shape index (κ1) is 20.1. The van der Waals surface area contributed by atoms with Crippen molar-refractivity contribution in [2.45, 2.75) is 76.0 Å². The van der Waals surface area contributed by atoms with E-state index < -0.39 is 0 Å². The summed E-state index contributed by atoms with van der Waals surface area (Å²) in [5, 5.41) is 13.2. The Balaban J connectivity index is 1.35. The first-order chi connectivity index (χ1) is 12.2. The standard InChI is InChI=1S/C20H33FN2O2/c21-16-10-12-17(13-11-16)25-14-8-6-4-2-1-3-5-7-9-19-20(24)18(22)15-23-19/h10-13,18-20,23-24H,1-9,14-15,22H2/t18-,19+,20-/m0/s1. The molecule has 0 spiro atoms. The van der Waals surface area contributed by atoms with Crippen molar-refractivity contribution in [3.8, 4) is 5.75 Å². The number of aliphatic hydroxyl groups is 1. The van der Waals surface area contributed by atoms with Crippen LogP contribution in [0.3, 0.4) is 0 Å². The molecule has 1 aromatic carbocycles. The normalized spacial score (nSPS) is 23.1. The fourth-order valence-corrected chi connectivity index (χ4v) is 3.35. The molecule has 1 fully saturated rings. The Morgan fingerprint density at radius 3 is 2.20 bits per heavy atom. The zero-order valence-electron chi connectivity index (χ0n) is 15.1. The molecule has 5 heteroatoms. The lowest BCUT2D eigenvalue weighted by molar-refractivity contribution is 0.139. The summed E-state index contributed by atoms with van der Waals surface area (Å²) in [6.07, 6.45) is 10.3. The van der Waals surface area contributed by atoms with Gasteiger partial charge in [-0.3, -0.25) is 0 Å². The number of nitrogens with one attached hydrogen (secondary N) is 1. The molecule has 0 bridgehead atoms. The predicted molar refractivity (Wildman–Crippen MR) is 99.2 cm³/mol. The lowest BCUT2D eigenvalue weighted by atomic mass is 10.0. The van der Waals surface area contributed by atoms with Crippen LogP contribution in [0.1, 0.15) is 57.8 Å². The van der Waals surface area contributed by atoms with Crippen LogP contribution < -0.4 is 15.8 Å². The summed E-state index contributed by atoms with van der Waals surface area (Å²) < 4.78 is 18.3. The highest BCUT2D eigenvalue weighted by Crippen LogP contribution is 2.16. The second-order valence-electron chi connectivity index (χ2n) is 7.09. The number of nitrogens with two attached hydrogens (primary N) is 1. The van der Waals surface area contributed by atoms with Crippen molar-refractivity contribution >= 4 is 0 Å².